The molecular weight excluding hydrogens is 311 g/mol. The van der Waals surface area contributed by atoms with Crippen LogP contribution in [0.25, 0.3) is 10.2 Å². The van der Waals surface area contributed by atoms with E-state index in [0.29, 0.717) is 29.0 Å². The van der Waals surface area contributed by atoms with Gasteiger partial charge in [-0.1, -0.05) is 6.92 Å². The molecule has 118 valence electrons. The predicted octanol–water partition coefficient (Wildman–Crippen LogP) is 3.29. The lowest BCUT2D eigenvalue weighted by Gasteiger charge is -2.57. The van der Waals surface area contributed by atoms with Gasteiger partial charge in [-0.05, 0) is 12.5 Å². The van der Waals surface area contributed by atoms with Crippen LogP contribution in [0.4, 0.5) is 18.9 Å². The highest BCUT2D eigenvalue weighted by molar-refractivity contribution is 7.18. The maximum absolute atomic E-state index is 13.4. The van der Waals surface area contributed by atoms with Crippen molar-refractivity contribution >= 4 is 27.2 Å². The first-order chi connectivity index (χ1) is 10.4. The van der Waals surface area contributed by atoms with Crippen molar-refractivity contribution in [3.63, 3.8) is 0 Å². The van der Waals surface area contributed by atoms with E-state index in [0.717, 1.165) is 30.6 Å². The Bertz CT molecular complexity index is 725. The number of halogens is 3. The fraction of sp³-hybridized carbons (Fsp3) is 0.533. The summed E-state index contributed by atoms with van der Waals surface area (Å²) >= 11 is 1.48. The predicted molar refractivity (Wildman–Crippen MR) is 81.5 cm³/mol. The highest BCUT2D eigenvalue weighted by atomic mass is 32.1. The summed E-state index contributed by atoms with van der Waals surface area (Å²) in [6.07, 6.45) is -2.56. The van der Waals surface area contributed by atoms with Crippen LogP contribution in [0.1, 0.15) is 17.4 Å². The normalized spacial score (nSPS) is 20.3. The van der Waals surface area contributed by atoms with Gasteiger partial charge >= 0.3 is 6.18 Å². The Balaban J connectivity index is 1.83. The Kier molecular flexibility index (Phi) is 2.97. The number of anilines is 1. The van der Waals surface area contributed by atoms with Gasteiger partial charge in [0.2, 0.25) is 0 Å². The number of pyridine rings is 1. The van der Waals surface area contributed by atoms with Crippen LogP contribution in [-0.4, -0.2) is 31.2 Å². The number of nitrogens with one attached hydrogen (secondary N) is 1. The van der Waals surface area contributed by atoms with Crippen molar-refractivity contribution in [3.05, 3.63) is 22.7 Å². The van der Waals surface area contributed by atoms with E-state index < -0.39 is 11.7 Å². The molecule has 7 heteroatoms. The maximum Gasteiger partial charge on any atom is 0.419 e. The van der Waals surface area contributed by atoms with Gasteiger partial charge in [-0.15, -0.1) is 11.3 Å². The third-order valence-corrected chi connectivity index (χ3v) is 5.79. The van der Waals surface area contributed by atoms with Crippen LogP contribution in [0.3, 0.4) is 0 Å². The summed E-state index contributed by atoms with van der Waals surface area (Å²) in [5, 5.41) is 3.86. The first-order valence-corrected chi connectivity index (χ1v) is 8.18. The van der Waals surface area contributed by atoms with Crippen LogP contribution in [0.5, 0.6) is 0 Å². The Hall–Kier alpha value is -1.34. The van der Waals surface area contributed by atoms with Crippen molar-refractivity contribution in [1.29, 1.82) is 0 Å². The second-order valence-corrected chi connectivity index (χ2v) is 7.38. The summed E-state index contributed by atoms with van der Waals surface area (Å²) in [5.41, 5.74) is -0.101. The third kappa shape index (κ3) is 2.02. The summed E-state index contributed by atoms with van der Waals surface area (Å²) in [4.78, 5) is 7.70. The van der Waals surface area contributed by atoms with E-state index in [1.807, 2.05) is 17.9 Å². The van der Waals surface area contributed by atoms with Gasteiger partial charge in [-0.3, -0.25) is 0 Å². The van der Waals surface area contributed by atoms with Crippen molar-refractivity contribution in [3.8, 4) is 0 Å². The molecule has 22 heavy (non-hydrogen) atoms. The lowest BCUT2D eigenvalue weighted by Crippen LogP contribution is -2.71. The molecule has 0 radical (unpaired) electrons. The molecular formula is C15H16F3N3S. The van der Waals surface area contributed by atoms with Gasteiger partial charge < -0.3 is 10.2 Å². The number of nitrogens with zero attached hydrogens (tertiary/aromatic N) is 2. The monoisotopic (exact) mass is 327 g/mol. The van der Waals surface area contributed by atoms with Crippen molar-refractivity contribution < 1.29 is 13.2 Å². The largest absolute Gasteiger partial charge is 0.419 e. The van der Waals surface area contributed by atoms with Crippen LogP contribution in [0.2, 0.25) is 0 Å². The summed E-state index contributed by atoms with van der Waals surface area (Å²) in [7, 11) is 0. The molecule has 0 saturated carbocycles. The van der Waals surface area contributed by atoms with Crippen LogP contribution >= 0.6 is 11.3 Å². The van der Waals surface area contributed by atoms with E-state index >= 15 is 0 Å². The molecule has 1 spiro atoms. The summed E-state index contributed by atoms with van der Waals surface area (Å²) in [6, 6.07) is 1.88. The van der Waals surface area contributed by atoms with Crippen molar-refractivity contribution in [2.75, 3.05) is 31.1 Å². The maximum atomic E-state index is 13.4. The minimum Gasteiger partial charge on any atom is -0.369 e. The average molecular weight is 327 g/mol. The van der Waals surface area contributed by atoms with E-state index in [9.17, 15) is 13.2 Å². The van der Waals surface area contributed by atoms with Gasteiger partial charge in [-0.2, -0.15) is 13.2 Å². The summed E-state index contributed by atoms with van der Waals surface area (Å²) in [6.45, 7) is 5.21. The number of hydrogen-bond donors (Lipinski definition) is 1. The minimum atomic E-state index is -4.37. The summed E-state index contributed by atoms with van der Waals surface area (Å²) in [5.74, 6) is 0. The molecule has 1 N–H and O–H groups in total. The number of rotatable bonds is 2. The first kappa shape index (κ1) is 14.3. The molecule has 0 aliphatic carbocycles. The molecule has 2 saturated heterocycles. The minimum absolute atomic E-state index is 0.183. The smallest absolute Gasteiger partial charge is 0.369 e. The molecule has 0 aromatic carbocycles. The third-order valence-electron chi connectivity index (χ3n) is 4.61. The van der Waals surface area contributed by atoms with E-state index in [4.69, 9.17) is 0 Å². The first-order valence-electron chi connectivity index (χ1n) is 7.36. The van der Waals surface area contributed by atoms with Crippen LogP contribution in [-0.2, 0) is 12.6 Å². The van der Waals surface area contributed by atoms with Crippen LogP contribution < -0.4 is 10.2 Å². The Morgan fingerprint density at radius 2 is 2.09 bits per heavy atom. The summed E-state index contributed by atoms with van der Waals surface area (Å²) < 4.78 is 40.2. The van der Waals surface area contributed by atoms with Gasteiger partial charge in [0.25, 0.3) is 0 Å². The van der Waals surface area contributed by atoms with Gasteiger partial charge in [0.1, 0.15) is 4.83 Å². The number of aryl methyl sites for hydroxylation is 1. The van der Waals surface area contributed by atoms with Crippen molar-refractivity contribution in [1.82, 2.24) is 10.3 Å². The topological polar surface area (TPSA) is 28.2 Å². The van der Waals surface area contributed by atoms with Crippen LogP contribution in [0, 0.1) is 5.41 Å². The van der Waals surface area contributed by atoms with E-state index in [1.165, 1.54) is 11.3 Å². The van der Waals surface area contributed by atoms with E-state index in [1.54, 1.807) is 0 Å². The van der Waals surface area contributed by atoms with E-state index in [-0.39, 0.29) is 5.41 Å². The van der Waals surface area contributed by atoms with Gasteiger partial charge in [-0.25, -0.2) is 4.98 Å². The average Bonchev–Trinajstić information content (AvgIpc) is 2.77. The molecule has 2 aliphatic rings. The quantitative estimate of drug-likeness (QED) is 0.917. The zero-order chi connectivity index (χ0) is 15.5. The Morgan fingerprint density at radius 3 is 2.64 bits per heavy atom. The molecule has 3 nitrogen and oxygen atoms in total. The van der Waals surface area contributed by atoms with Crippen molar-refractivity contribution in [2.45, 2.75) is 19.5 Å². The lowest BCUT2D eigenvalue weighted by atomic mass is 9.74. The number of hydrogen-bond acceptors (Lipinski definition) is 4. The standard InChI is InChI=1S/C15H16F3N3S/c1-2-9-3-10-12(21-7-14(8-21)5-19-6-14)11(15(16,17)18)4-20-13(10)22-9/h3-4,19H,2,5-8H2,1H3. The molecule has 0 unspecified atom stereocenters. The molecule has 4 rings (SSSR count). The van der Waals surface area contributed by atoms with Gasteiger partial charge in [0.15, 0.2) is 0 Å². The molecule has 2 aliphatic heterocycles. The fourth-order valence-electron chi connectivity index (χ4n) is 3.37. The number of thiophene rings is 1. The molecule has 2 aromatic heterocycles. The second-order valence-electron chi connectivity index (χ2n) is 6.26. The zero-order valence-corrected chi connectivity index (χ0v) is 12.9. The number of aromatic nitrogens is 1. The molecule has 0 bridgehead atoms. The Morgan fingerprint density at radius 1 is 1.36 bits per heavy atom. The second kappa shape index (κ2) is 4.58. The van der Waals surface area contributed by atoms with Crippen molar-refractivity contribution in [2.24, 2.45) is 5.41 Å². The lowest BCUT2D eigenvalue weighted by molar-refractivity contribution is -0.137. The molecule has 0 atom stereocenters. The molecule has 2 fully saturated rings. The number of alkyl halides is 3. The Labute approximate surface area is 130 Å². The fourth-order valence-corrected chi connectivity index (χ4v) is 4.31. The molecule has 4 heterocycles. The molecule has 2 aromatic rings. The van der Waals surface area contributed by atoms with Gasteiger partial charge in [0, 0.05) is 48.1 Å². The SMILES string of the molecule is CCc1cc2c(N3CC4(CNC4)C3)c(C(F)(F)F)cnc2s1. The van der Waals surface area contributed by atoms with Gasteiger partial charge in [0.05, 0.1) is 11.3 Å². The van der Waals surface area contributed by atoms with E-state index in [2.05, 4.69) is 10.3 Å². The van der Waals surface area contributed by atoms with Crippen LogP contribution in [0.15, 0.2) is 12.3 Å². The highest BCUT2D eigenvalue weighted by Crippen LogP contribution is 2.47. The highest BCUT2D eigenvalue weighted by Gasteiger charge is 2.50. The molecule has 0 amide bonds. The zero-order valence-electron chi connectivity index (χ0n) is 12.1. The number of fused-ring (bicyclic) bond motifs is 1.